The molecule has 1 aromatic heterocycles. The van der Waals surface area contributed by atoms with Gasteiger partial charge in [0, 0.05) is 25.1 Å². The zero-order valence-electron chi connectivity index (χ0n) is 9.91. The van der Waals surface area contributed by atoms with E-state index >= 15 is 0 Å². The highest BCUT2D eigenvalue weighted by atomic mass is 32.2. The van der Waals surface area contributed by atoms with E-state index in [1.54, 1.807) is 0 Å². The monoisotopic (exact) mass is 262 g/mol. The van der Waals surface area contributed by atoms with Crippen LogP contribution in [0.4, 0.5) is 8.78 Å². The maximum absolute atomic E-state index is 12.7. The second kappa shape index (κ2) is 4.89. The SMILES string of the molecule is CNCc1nnc(SCCC2CC2(F)F)n1C. The molecule has 0 spiro atoms. The Morgan fingerprint density at radius 3 is 2.82 bits per heavy atom. The number of nitrogens with zero attached hydrogens (tertiary/aromatic N) is 3. The van der Waals surface area contributed by atoms with Crippen molar-refractivity contribution in [1.29, 1.82) is 0 Å². The maximum Gasteiger partial charge on any atom is 0.251 e. The van der Waals surface area contributed by atoms with Gasteiger partial charge in [-0.3, -0.25) is 0 Å². The third-order valence-electron chi connectivity index (χ3n) is 2.91. The highest BCUT2D eigenvalue weighted by Gasteiger charge is 2.55. The number of halogens is 2. The van der Waals surface area contributed by atoms with Crippen LogP contribution in [0.2, 0.25) is 0 Å². The predicted octanol–water partition coefficient (Wildman–Crippen LogP) is 1.67. The molecule has 0 aromatic carbocycles. The Bertz CT molecular complexity index is 394. The van der Waals surface area contributed by atoms with Crippen LogP contribution in [0.25, 0.3) is 0 Å². The zero-order valence-corrected chi connectivity index (χ0v) is 10.7. The average Bonchev–Trinajstić information content (AvgIpc) is 2.73. The van der Waals surface area contributed by atoms with E-state index in [-0.39, 0.29) is 6.42 Å². The fourth-order valence-electron chi connectivity index (χ4n) is 1.66. The first-order valence-corrected chi connectivity index (χ1v) is 6.56. The van der Waals surface area contributed by atoms with Crippen LogP contribution in [0.1, 0.15) is 18.7 Å². The zero-order chi connectivity index (χ0) is 12.5. The third-order valence-corrected chi connectivity index (χ3v) is 3.97. The minimum Gasteiger partial charge on any atom is -0.313 e. The van der Waals surface area contributed by atoms with Crippen LogP contribution in [0.15, 0.2) is 5.16 Å². The Labute approximate surface area is 103 Å². The lowest BCUT2D eigenvalue weighted by Gasteiger charge is -2.03. The molecule has 2 rings (SSSR count). The fourth-order valence-corrected chi connectivity index (χ4v) is 2.64. The number of hydrogen-bond donors (Lipinski definition) is 1. The summed E-state index contributed by atoms with van der Waals surface area (Å²) in [4.78, 5) is 0. The van der Waals surface area contributed by atoms with E-state index < -0.39 is 11.8 Å². The van der Waals surface area contributed by atoms with Crippen molar-refractivity contribution >= 4 is 11.8 Å². The molecule has 1 saturated carbocycles. The van der Waals surface area contributed by atoms with Gasteiger partial charge < -0.3 is 9.88 Å². The van der Waals surface area contributed by atoms with E-state index in [9.17, 15) is 8.78 Å². The van der Waals surface area contributed by atoms with Crippen LogP contribution in [0, 0.1) is 5.92 Å². The molecule has 1 atom stereocenters. The second-order valence-electron chi connectivity index (χ2n) is 4.29. The normalized spacial score (nSPS) is 21.8. The minimum atomic E-state index is -2.41. The Morgan fingerprint density at radius 1 is 1.53 bits per heavy atom. The summed E-state index contributed by atoms with van der Waals surface area (Å²) in [7, 11) is 3.73. The van der Waals surface area contributed by atoms with Crippen LogP contribution in [0.5, 0.6) is 0 Å². The summed E-state index contributed by atoms with van der Waals surface area (Å²) in [5.41, 5.74) is 0. The van der Waals surface area contributed by atoms with E-state index in [4.69, 9.17) is 0 Å². The lowest BCUT2D eigenvalue weighted by molar-refractivity contribution is 0.0983. The first-order valence-electron chi connectivity index (χ1n) is 5.58. The molecule has 4 nitrogen and oxygen atoms in total. The molecule has 1 N–H and O–H groups in total. The number of aromatic nitrogens is 3. The molecular formula is C10H16F2N4S. The second-order valence-corrected chi connectivity index (χ2v) is 5.35. The van der Waals surface area contributed by atoms with Gasteiger partial charge in [0.05, 0.1) is 6.54 Å². The summed E-state index contributed by atoms with van der Waals surface area (Å²) >= 11 is 1.49. The summed E-state index contributed by atoms with van der Waals surface area (Å²) in [6.45, 7) is 0.657. The Kier molecular flexibility index (Phi) is 3.67. The summed E-state index contributed by atoms with van der Waals surface area (Å²) in [6.07, 6.45) is 0.600. The van der Waals surface area contributed by atoms with Crippen LogP contribution in [-0.2, 0) is 13.6 Å². The average molecular weight is 262 g/mol. The van der Waals surface area contributed by atoms with Gasteiger partial charge in [0.15, 0.2) is 5.16 Å². The number of alkyl halides is 2. The molecule has 96 valence electrons. The van der Waals surface area contributed by atoms with E-state index in [1.807, 2.05) is 18.7 Å². The van der Waals surface area contributed by atoms with Crippen molar-refractivity contribution in [2.75, 3.05) is 12.8 Å². The quantitative estimate of drug-likeness (QED) is 0.792. The lowest BCUT2D eigenvalue weighted by Crippen LogP contribution is -2.10. The summed E-state index contributed by atoms with van der Waals surface area (Å²) in [5.74, 6) is -1.30. The third kappa shape index (κ3) is 2.95. The van der Waals surface area contributed by atoms with Gasteiger partial charge in [-0.2, -0.15) is 0 Å². The van der Waals surface area contributed by atoms with Crippen LogP contribution in [0.3, 0.4) is 0 Å². The molecule has 0 saturated heterocycles. The van der Waals surface area contributed by atoms with Crippen molar-refractivity contribution in [3.8, 4) is 0 Å². The number of hydrogen-bond acceptors (Lipinski definition) is 4. The largest absolute Gasteiger partial charge is 0.313 e. The van der Waals surface area contributed by atoms with E-state index in [0.29, 0.717) is 18.7 Å². The molecular weight excluding hydrogens is 246 g/mol. The highest BCUT2D eigenvalue weighted by molar-refractivity contribution is 7.99. The van der Waals surface area contributed by atoms with Crippen molar-refractivity contribution in [2.45, 2.75) is 30.5 Å². The van der Waals surface area contributed by atoms with E-state index in [1.165, 1.54) is 11.8 Å². The number of rotatable bonds is 6. The van der Waals surface area contributed by atoms with E-state index in [0.717, 1.165) is 11.0 Å². The smallest absolute Gasteiger partial charge is 0.251 e. The first-order chi connectivity index (χ1) is 8.04. The van der Waals surface area contributed by atoms with Crippen LogP contribution < -0.4 is 5.32 Å². The molecule has 1 heterocycles. The van der Waals surface area contributed by atoms with Gasteiger partial charge in [0.25, 0.3) is 5.92 Å². The van der Waals surface area contributed by atoms with E-state index in [2.05, 4.69) is 15.5 Å². The number of thioether (sulfide) groups is 1. The van der Waals surface area contributed by atoms with Crippen molar-refractivity contribution in [3.05, 3.63) is 5.82 Å². The van der Waals surface area contributed by atoms with Gasteiger partial charge in [-0.15, -0.1) is 10.2 Å². The standard InChI is InChI=1S/C10H16F2N4S/c1-13-6-8-14-15-9(16(8)2)17-4-3-7-5-10(7,11)12/h7,13H,3-6H2,1-2H3. The van der Waals surface area contributed by atoms with Gasteiger partial charge in [-0.05, 0) is 13.5 Å². The van der Waals surface area contributed by atoms with Crippen LogP contribution in [-0.4, -0.2) is 33.5 Å². The Morgan fingerprint density at radius 2 is 2.24 bits per heavy atom. The van der Waals surface area contributed by atoms with Gasteiger partial charge in [-0.1, -0.05) is 11.8 Å². The molecule has 0 radical (unpaired) electrons. The van der Waals surface area contributed by atoms with Gasteiger partial charge in [-0.25, -0.2) is 8.78 Å². The molecule has 17 heavy (non-hydrogen) atoms. The van der Waals surface area contributed by atoms with Crippen molar-refractivity contribution < 1.29 is 8.78 Å². The summed E-state index contributed by atoms with van der Waals surface area (Å²) < 4.78 is 27.2. The Hall–Kier alpha value is -0.690. The minimum absolute atomic E-state index is 0.0530. The fraction of sp³-hybridized carbons (Fsp3) is 0.800. The Balaban J connectivity index is 1.79. The van der Waals surface area contributed by atoms with Crippen molar-refractivity contribution in [2.24, 2.45) is 13.0 Å². The molecule has 0 amide bonds. The molecule has 1 aliphatic rings. The molecule has 0 bridgehead atoms. The topological polar surface area (TPSA) is 42.7 Å². The molecule has 1 aromatic rings. The van der Waals surface area contributed by atoms with Gasteiger partial charge >= 0.3 is 0 Å². The maximum atomic E-state index is 12.7. The molecule has 1 unspecified atom stereocenters. The van der Waals surface area contributed by atoms with Crippen LogP contribution >= 0.6 is 11.8 Å². The predicted molar refractivity (Wildman–Crippen MR) is 62.2 cm³/mol. The highest BCUT2D eigenvalue weighted by Crippen LogP contribution is 2.51. The first kappa shape index (κ1) is 12.8. The van der Waals surface area contributed by atoms with Crippen molar-refractivity contribution in [3.63, 3.8) is 0 Å². The molecule has 1 aliphatic carbocycles. The molecule has 7 heteroatoms. The van der Waals surface area contributed by atoms with Gasteiger partial charge in [0.2, 0.25) is 0 Å². The molecule has 1 fully saturated rings. The number of nitrogens with one attached hydrogen (secondary N) is 1. The summed E-state index contributed by atoms with van der Waals surface area (Å²) in [5, 5.41) is 11.9. The summed E-state index contributed by atoms with van der Waals surface area (Å²) in [6, 6.07) is 0. The van der Waals surface area contributed by atoms with Crippen molar-refractivity contribution in [1.82, 2.24) is 20.1 Å². The molecule has 0 aliphatic heterocycles. The van der Waals surface area contributed by atoms with Gasteiger partial charge in [0.1, 0.15) is 5.82 Å². The lowest BCUT2D eigenvalue weighted by atomic mass is 10.3.